The van der Waals surface area contributed by atoms with Crippen LogP contribution in [0.5, 0.6) is 0 Å². The number of rotatable bonds is 5. The number of aromatic nitrogens is 1. The van der Waals surface area contributed by atoms with E-state index in [0.717, 1.165) is 17.7 Å². The predicted molar refractivity (Wildman–Crippen MR) is 134 cm³/mol. The SMILES string of the molecule is CC(C)[Si](C(C)C)(C(C)C)n1ccc(-c2ccc3c(c2)N(C(=O)OC(C)(C)C)CC3)c1. The molecule has 0 N–H and O–H groups in total. The number of nitrogens with zero attached hydrogens (tertiary/aromatic N) is 2. The lowest BCUT2D eigenvalue weighted by atomic mass is 10.0. The molecule has 0 atom stereocenters. The van der Waals surface area contributed by atoms with Gasteiger partial charge in [-0.3, -0.25) is 4.90 Å². The van der Waals surface area contributed by atoms with E-state index < -0.39 is 13.8 Å². The van der Waals surface area contributed by atoms with Crippen LogP contribution in [0.3, 0.4) is 0 Å². The average molecular weight is 441 g/mol. The number of carbonyl (C=O) groups is 1. The van der Waals surface area contributed by atoms with E-state index in [1.807, 2.05) is 20.8 Å². The summed E-state index contributed by atoms with van der Waals surface area (Å²) in [6, 6.07) is 8.77. The minimum atomic E-state index is -1.76. The third-order valence-corrected chi connectivity index (χ3v) is 13.6. The van der Waals surface area contributed by atoms with Gasteiger partial charge in [0.05, 0.1) is 5.69 Å². The molecule has 0 saturated carbocycles. The van der Waals surface area contributed by atoms with E-state index in [-0.39, 0.29) is 6.09 Å². The summed E-state index contributed by atoms with van der Waals surface area (Å²) >= 11 is 0. The smallest absolute Gasteiger partial charge is 0.414 e. The molecule has 0 aliphatic carbocycles. The molecular weight excluding hydrogens is 400 g/mol. The van der Waals surface area contributed by atoms with Gasteiger partial charge in [0.2, 0.25) is 0 Å². The lowest BCUT2D eigenvalue weighted by Gasteiger charge is -2.44. The Labute approximate surface area is 189 Å². The van der Waals surface area contributed by atoms with Gasteiger partial charge >= 0.3 is 6.09 Å². The molecule has 1 aliphatic heterocycles. The second kappa shape index (κ2) is 8.49. The molecule has 0 radical (unpaired) electrons. The third-order valence-electron chi connectivity index (χ3n) is 6.84. The first-order valence-corrected chi connectivity index (χ1v) is 13.9. The van der Waals surface area contributed by atoms with E-state index in [1.165, 1.54) is 11.1 Å². The fourth-order valence-electron chi connectivity index (χ4n) is 5.77. The Kier molecular flexibility index (Phi) is 6.48. The highest BCUT2D eigenvalue weighted by molar-refractivity contribution is 6.82. The van der Waals surface area contributed by atoms with Crippen molar-refractivity contribution in [2.24, 2.45) is 0 Å². The van der Waals surface area contributed by atoms with Crippen molar-refractivity contribution in [3.05, 3.63) is 42.2 Å². The molecule has 0 bridgehead atoms. The molecule has 0 fully saturated rings. The van der Waals surface area contributed by atoms with Crippen molar-refractivity contribution in [3.63, 3.8) is 0 Å². The van der Waals surface area contributed by atoms with Crippen LogP contribution < -0.4 is 4.90 Å². The van der Waals surface area contributed by atoms with E-state index in [0.29, 0.717) is 23.2 Å². The molecule has 0 unspecified atom stereocenters. The van der Waals surface area contributed by atoms with Crippen LogP contribution in [-0.4, -0.2) is 30.7 Å². The van der Waals surface area contributed by atoms with Crippen molar-refractivity contribution in [1.29, 1.82) is 0 Å². The van der Waals surface area contributed by atoms with Crippen LogP contribution >= 0.6 is 0 Å². The van der Waals surface area contributed by atoms with Crippen molar-refractivity contribution in [3.8, 4) is 11.1 Å². The van der Waals surface area contributed by atoms with Crippen molar-refractivity contribution < 1.29 is 9.53 Å². The molecule has 2 heterocycles. The molecular formula is C26H40N2O2Si. The van der Waals surface area contributed by atoms with E-state index in [2.05, 4.69) is 82.4 Å². The number of hydrogen-bond acceptors (Lipinski definition) is 2. The Morgan fingerprint density at radius 1 is 0.968 bits per heavy atom. The van der Waals surface area contributed by atoms with Gasteiger partial charge in [0.25, 0.3) is 0 Å². The van der Waals surface area contributed by atoms with Crippen LogP contribution in [0.4, 0.5) is 10.5 Å². The maximum atomic E-state index is 12.7. The van der Waals surface area contributed by atoms with Gasteiger partial charge in [0.1, 0.15) is 5.60 Å². The zero-order valence-electron chi connectivity index (χ0n) is 20.8. The molecule has 0 spiro atoms. The standard InChI is InChI=1S/C26H40N2O2Si/c1-18(2)31(19(3)4,20(5)6)27-14-12-23(17-27)22-11-10-21-13-15-28(24(21)16-22)25(29)30-26(7,8)9/h10-12,14,16-20H,13,15H2,1-9H3. The van der Waals surface area contributed by atoms with Gasteiger partial charge in [-0.2, -0.15) is 0 Å². The van der Waals surface area contributed by atoms with Crippen LogP contribution in [-0.2, 0) is 11.2 Å². The van der Waals surface area contributed by atoms with Crippen LogP contribution in [0, 0.1) is 0 Å². The molecule has 1 aliphatic rings. The maximum Gasteiger partial charge on any atom is 0.414 e. The van der Waals surface area contributed by atoms with Gasteiger partial charge in [0, 0.05) is 12.7 Å². The van der Waals surface area contributed by atoms with Crippen molar-refractivity contribution in [2.75, 3.05) is 11.4 Å². The largest absolute Gasteiger partial charge is 0.443 e. The first-order valence-electron chi connectivity index (χ1n) is 11.7. The van der Waals surface area contributed by atoms with Gasteiger partial charge in [-0.05, 0) is 78.8 Å². The lowest BCUT2D eigenvalue weighted by molar-refractivity contribution is 0.0584. The molecule has 4 nitrogen and oxygen atoms in total. The Bertz CT molecular complexity index is 915. The summed E-state index contributed by atoms with van der Waals surface area (Å²) in [4.78, 5) is 14.5. The van der Waals surface area contributed by atoms with Crippen LogP contribution in [0.2, 0.25) is 16.6 Å². The molecule has 5 heteroatoms. The summed E-state index contributed by atoms with van der Waals surface area (Å²) in [5.41, 5.74) is 6.03. The van der Waals surface area contributed by atoms with Gasteiger partial charge < -0.3 is 8.97 Å². The number of fused-ring (bicyclic) bond motifs is 1. The average Bonchev–Trinajstić information content (AvgIpc) is 3.26. The highest BCUT2D eigenvalue weighted by Crippen LogP contribution is 2.43. The number of ether oxygens (including phenoxy) is 1. The van der Waals surface area contributed by atoms with Crippen LogP contribution in [0.25, 0.3) is 11.1 Å². The van der Waals surface area contributed by atoms with Crippen molar-refractivity contribution in [2.45, 2.75) is 91.0 Å². The summed E-state index contributed by atoms with van der Waals surface area (Å²) in [5.74, 6) is 0. The molecule has 1 aromatic carbocycles. The zero-order valence-corrected chi connectivity index (χ0v) is 21.8. The predicted octanol–water partition coefficient (Wildman–Crippen LogP) is 7.48. The van der Waals surface area contributed by atoms with E-state index in [1.54, 1.807) is 4.90 Å². The topological polar surface area (TPSA) is 34.5 Å². The van der Waals surface area contributed by atoms with Gasteiger partial charge in [0.15, 0.2) is 8.24 Å². The van der Waals surface area contributed by atoms with Crippen molar-refractivity contribution >= 4 is 20.0 Å². The fourth-order valence-corrected chi connectivity index (χ4v) is 12.3. The Morgan fingerprint density at radius 3 is 2.13 bits per heavy atom. The minimum Gasteiger partial charge on any atom is -0.443 e. The number of amides is 1. The van der Waals surface area contributed by atoms with Crippen molar-refractivity contribution in [1.82, 2.24) is 4.23 Å². The maximum absolute atomic E-state index is 12.7. The number of carbonyl (C=O) groups excluding carboxylic acids is 1. The van der Waals surface area contributed by atoms with Gasteiger partial charge in [-0.1, -0.05) is 53.7 Å². The highest BCUT2D eigenvalue weighted by Gasteiger charge is 2.45. The molecule has 3 rings (SSSR count). The summed E-state index contributed by atoms with van der Waals surface area (Å²) in [5, 5.41) is 0. The second-order valence-corrected chi connectivity index (χ2v) is 16.6. The lowest BCUT2D eigenvalue weighted by Crippen LogP contribution is -2.51. The number of anilines is 1. The minimum absolute atomic E-state index is 0.258. The van der Waals surface area contributed by atoms with E-state index in [9.17, 15) is 4.79 Å². The normalized spacial score (nSPS) is 14.6. The third kappa shape index (κ3) is 4.34. The second-order valence-electron chi connectivity index (χ2n) is 10.9. The molecule has 170 valence electrons. The van der Waals surface area contributed by atoms with Crippen LogP contribution in [0.15, 0.2) is 36.7 Å². The number of benzene rings is 1. The summed E-state index contributed by atoms with van der Waals surface area (Å²) < 4.78 is 8.21. The van der Waals surface area contributed by atoms with Gasteiger partial charge in [-0.15, -0.1) is 0 Å². The molecule has 1 amide bonds. The number of hydrogen-bond donors (Lipinski definition) is 0. The summed E-state index contributed by atoms with van der Waals surface area (Å²) in [6.07, 6.45) is 5.26. The zero-order chi connectivity index (χ0) is 23.1. The Hall–Kier alpha value is -2.01. The first kappa shape index (κ1) is 23.6. The summed E-state index contributed by atoms with van der Waals surface area (Å²) in [7, 11) is -1.76. The fraction of sp³-hybridized carbons (Fsp3) is 0.577. The monoisotopic (exact) mass is 440 g/mol. The molecule has 0 saturated heterocycles. The van der Waals surface area contributed by atoms with Crippen LogP contribution in [0.1, 0.15) is 67.9 Å². The Balaban J connectivity index is 1.97. The molecule has 2 aromatic rings. The van der Waals surface area contributed by atoms with E-state index in [4.69, 9.17) is 4.74 Å². The molecule has 31 heavy (non-hydrogen) atoms. The molecule has 1 aromatic heterocycles. The Morgan fingerprint density at radius 2 is 1.58 bits per heavy atom. The van der Waals surface area contributed by atoms with E-state index >= 15 is 0 Å². The quantitative estimate of drug-likeness (QED) is 0.452. The first-order chi connectivity index (χ1) is 14.4. The highest BCUT2D eigenvalue weighted by atomic mass is 28.3. The van der Waals surface area contributed by atoms with Gasteiger partial charge in [-0.25, -0.2) is 4.79 Å². The summed E-state index contributed by atoms with van der Waals surface area (Å²) in [6.45, 7) is 20.7.